The van der Waals surface area contributed by atoms with E-state index in [-0.39, 0.29) is 0 Å². The molecule has 0 spiro atoms. The van der Waals surface area contributed by atoms with E-state index in [9.17, 15) is 0 Å². The summed E-state index contributed by atoms with van der Waals surface area (Å²) in [7, 11) is 0. The summed E-state index contributed by atoms with van der Waals surface area (Å²) in [5, 5.41) is 0. The first-order valence-corrected chi connectivity index (χ1v) is 6.82. The van der Waals surface area contributed by atoms with Crippen LogP contribution >= 0.6 is 0 Å². The molecule has 0 bridgehead atoms. The number of hydrogen-bond acceptors (Lipinski definition) is 2. The highest BCUT2D eigenvalue weighted by Crippen LogP contribution is 2.27. The summed E-state index contributed by atoms with van der Waals surface area (Å²) in [4.78, 5) is 0. The topological polar surface area (TPSA) is 52.0 Å². The largest absolute Gasteiger partial charge is 0.397 e. The van der Waals surface area contributed by atoms with E-state index in [1.54, 1.807) is 0 Å². The van der Waals surface area contributed by atoms with E-state index in [0.29, 0.717) is 11.4 Å². The van der Waals surface area contributed by atoms with Gasteiger partial charge in [-0.05, 0) is 61.6 Å². The van der Waals surface area contributed by atoms with E-state index >= 15 is 0 Å². The molecule has 0 saturated carbocycles. The van der Waals surface area contributed by atoms with Crippen LogP contribution in [0.2, 0.25) is 0 Å². The maximum Gasteiger partial charge on any atom is 0.0630 e. The first-order chi connectivity index (χ1) is 9.43. The van der Waals surface area contributed by atoms with Crippen LogP contribution in [0.5, 0.6) is 0 Å². The third-order valence-electron chi connectivity index (χ3n) is 4.15. The minimum absolute atomic E-state index is 0.636. The molecule has 0 radical (unpaired) electrons. The second-order valence-electron chi connectivity index (χ2n) is 5.31. The SMILES string of the molecule is Cc1cc(C(N)=C(N)c2ccccc2)c(C)c(C)c1C. The third-order valence-corrected chi connectivity index (χ3v) is 4.15. The highest BCUT2D eigenvalue weighted by molar-refractivity contribution is 5.89. The van der Waals surface area contributed by atoms with Gasteiger partial charge in [-0.3, -0.25) is 0 Å². The van der Waals surface area contributed by atoms with Gasteiger partial charge in [0.05, 0.1) is 11.4 Å². The minimum Gasteiger partial charge on any atom is -0.397 e. The summed E-state index contributed by atoms with van der Waals surface area (Å²) in [5.41, 5.74) is 20.9. The molecule has 4 N–H and O–H groups in total. The molecule has 0 heterocycles. The van der Waals surface area contributed by atoms with E-state index < -0.39 is 0 Å². The van der Waals surface area contributed by atoms with E-state index in [1.165, 1.54) is 22.3 Å². The number of aryl methyl sites for hydroxylation is 1. The summed E-state index contributed by atoms with van der Waals surface area (Å²) in [5.74, 6) is 0. The summed E-state index contributed by atoms with van der Waals surface area (Å²) in [6, 6.07) is 12.0. The molecule has 0 aromatic heterocycles. The van der Waals surface area contributed by atoms with Crippen molar-refractivity contribution in [3.05, 3.63) is 69.8 Å². The molecule has 0 aliphatic carbocycles. The molecule has 0 atom stereocenters. The Morgan fingerprint density at radius 2 is 1.35 bits per heavy atom. The van der Waals surface area contributed by atoms with Gasteiger partial charge in [-0.2, -0.15) is 0 Å². The molecule has 2 aromatic carbocycles. The van der Waals surface area contributed by atoms with Crippen molar-refractivity contribution in [2.24, 2.45) is 11.5 Å². The Balaban J connectivity index is 2.62. The fourth-order valence-electron chi connectivity index (χ4n) is 2.41. The van der Waals surface area contributed by atoms with Crippen LogP contribution in [-0.2, 0) is 0 Å². The standard InChI is InChI=1S/C18H22N2/c1-11-10-16(14(4)13(3)12(11)2)18(20)17(19)15-8-6-5-7-9-15/h5-10H,19-20H2,1-4H3. The zero-order valence-corrected chi connectivity index (χ0v) is 12.6. The smallest absolute Gasteiger partial charge is 0.0630 e. The zero-order valence-electron chi connectivity index (χ0n) is 12.6. The van der Waals surface area contributed by atoms with Crippen LogP contribution in [0.1, 0.15) is 33.4 Å². The van der Waals surface area contributed by atoms with Gasteiger partial charge in [0.1, 0.15) is 0 Å². The van der Waals surface area contributed by atoms with Crippen molar-refractivity contribution in [3.8, 4) is 0 Å². The van der Waals surface area contributed by atoms with Crippen molar-refractivity contribution in [2.75, 3.05) is 0 Å². The fourth-order valence-corrected chi connectivity index (χ4v) is 2.41. The summed E-state index contributed by atoms with van der Waals surface area (Å²) in [6.07, 6.45) is 0. The van der Waals surface area contributed by atoms with Gasteiger partial charge in [0, 0.05) is 5.56 Å². The number of benzene rings is 2. The van der Waals surface area contributed by atoms with Gasteiger partial charge < -0.3 is 11.5 Å². The van der Waals surface area contributed by atoms with E-state index in [0.717, 1.165) is 11.1 Å². The molecule has 0 aliphatic rings. The van der Waals surface area contributed by atoms with Gasteiger partial charge in [-0.1, -0.05) is 30.3 Å². The lowest BCUT2D eigenvalue weighted by molar-refractivity contribution is 1.20. The lowest BCUT2D eigenvalue weighted by Gasteiger charge is -2.16. The molecule has 0 amide bonds. The van der Waals surface area contributed by atoms with Crippen molar-refractivity contribution < 1.29 is 0 Å². The molecule has 2 nitrogen and oxygen atoms in total. The molecule has 20 heavy (non-hydrogen) atoms. The molecule has 0 unspecified atom stereocenters. The van der Waals surface area contributed by atoms with Gasteiger partial charge in [0.2, 0.25) is 0 Å². The second-order valence-corrected chi connectivity index (χ2v) is 5.31. The predicted molar refractivity (Wildman–Crippen MR) is 87.0 cm³/mol. The summed E-state index contributed by atoms with van der Waals surface area (Å²) < 4.78 is 0. The minimum atomic E-state index is 0.636. The van der Waals surface area contributed by atoms with Crippen LogP contribution < -0.4 is 11.5 Å². The van der Waals surface area contributed by atoms with Crippen LogP contribution in [0.15, 0.2) is 36.4 Å². The lowest BCUT2D eigenvalue weighted by atomic mass is 9.92. The Bertz CT molecular complexity index is 668. The van der Waals surface area contributed by atoms with Crippen molar-refractivity contribution in [1.29, 1.82) is 0 Å². The molecule has 0 fully saturated rings. The highest BCUT2D eigenvalue weighted by Gasteiger charge is 2.12. The van der Waals surface area contributed by atoms with E-state index in [4.69, 9.17) is 11.5 Å². The number of hydrogen-bond donors (Lipinski definition) is 2. The Kier molecular flexibility index (Phi) is 3.84. The molecule has 0 saturated heterocycles. The quantitative estimate of drug-likeness (QED) is 0.815. The van der Waals surface area contributed by atoms with Gasteiger partial charge >= 0.3 is 0 Å². The molecule has 104 valence electrons. The maximum atomic E-state index is 6.31. The number of rotatable bonds is 2. The van der Waals surface area contributed by atoms with Crippen LogP contribution in [0.25, 0.3) is 11.4 Å². The van der Waals surface area contributed by atoms with Crippen molar-refractivity contribution in [1.82, 2.24) is 0 Å². The normalized spacial score (nSPS) is 12.2. The third kappa shape index (κ3) is 2.42. The highest BCUT2D eigenvalue weighted by atomic mass is 14.7. The monoisotopic (exact) mass is 266 g/mol. The molecule has 2 aromatic rings. The number of nitrogens with two attached hydrogens (primary N) is 2. The molecular weight excluding hydrogens is 244 g/mol. The lowest BCUT2D eigenvalue weighted by Crippen LogP contribution is -2.10. The Labute approximate surface area is 121 Å². The first kappa shape index (κ1) is 14.2. The zero-order chi connectivity index (χ0) is 14.9. The molecule has 0 aliphatic heterocycles. The average Bonchev–Trinajstić information content (AvgIpc) is 2.48. The van der Waals surface area contributed by atoms with E-state index in [1.807, 2.05) is 30.3 Å². The summed E-state index contributed by atoms with van der Waals surface area (Å²) >= 11 is 0. The van der Waals surface area contributed by atoms with Crippen LogP contribution in [0.4, 0.5) is 0 Å². The first-order valence-electron chi connectivity index (χ1n) is 6.82. The van der Waals surface area contributed by atoms with Crippen molar-refractivity contribution >= 4 is 11.4 Å². The Morgan fingerprint density at radius 3 is 1.95 bits per heavy atom. The van der Waals surface area contributed by atoms with Crippen molar-refractivity contribution in [2.45, 2.75) is 27.7 Å². The Hall–Kier alpha value is -2.22. The van der Waals surface area contributed by atoms with Crippen LogP contribution in [0, 0.1) is 27.7 Å². The fraction of sp³-hybridized carbons (Fsp3) is 0.222. The molecule has 2 heteroatoms. The van der Waals surface area contributed by atoms with Gasteiger partial charge in [-0.25, -0.2) is 0 Å². The van der Waals surface area contributed by atoms with Crippen LogP contribution in [0.3, 0.4) is 0 Å². The van der Waals surface area contributed by atoms with E-state index in [2.05, 4.69) is 33.8 Å². The predicted octanol–water partition coefficient (Wildman–Crippen LogP) is 3.66. The van der Waals surface area contributed by atoms with Crippen LogP contribution in [-0.4, -0.2) is 0 Å². The Morgan fingerprint density at radius 1 is 0.750 bits per heavy atom. The van der Waals surface area contributed by atoms with Crippen molar-refractivity contribution in [3.63, 3.8) is 0 Å². The maximum absolute atomic E-state index is 6.31. The van der Waals surface area contributed by atoms with Gasteiger partial charge in [0.25, 0.3) is 0 Å². The average molecular weight is 266 g/mol. The summed E-state index contributed by atoms with van der Waals surface area (Å²) in [6.45, 7) is 8.48. The second kappa shape index (κ2) is 5.41. The molecular formula is C18H22N2. The molecule has 2 rings (SSSR count). The van der Waals surface area contributed by atoms with Gasteiger partial charge in [0.15, 0.2) is 0 Å². The van der Waals surface area contributed by atoms with Gasteiger partial charge in [-0.15, -0.1) is 0 Å².